The van der Waals surface area contributed by atoms with Crippen LogP contribution in [0.5, 0.6) is 0 Å². The third-order valence-corrected chi connectivity index (χ3v) is 7.53. The number of halogens is 2. The molecule has 9 heteroatoms. The van der Waals surface area contributed by atoms with Crippen LogP contribution in [0.4, 0.5) is 4.39 Å². The molecule has 0 saturated heterocycles. The molecule has 3 aromatic rings. The van der Waals surface area contributed by atoms with Crippen LogP contribution in [0.15, 0.2) is 61.4 Å². The van der Waals surface area contributed by atoms with Crippen molar-refractivity contribution in [3.05, 3.63) is 67.2 Å². The molecule has 0 aliphatic carbocycles. The highest BCUT2D eigenvalue weighted by Gasteiger charge is 2.22. The molecule has 0 saturated carbocycles. The van der Waals surface area contributed by atoms with Gasteiger partial charge in [0, 0.05) is 4.47 Å². The predicted octanol–water partition coefficient (Wildman–Crippen LogP) is 4.86. The van der Waals surface area contributed by atoms with Crippen LogP contribution in [-0.4, -0.2) is 21.0 Å². The number of aldehydes is 2. The van der Waals surface area contributed by atoms with Crippen LogP contribution in [-0.2, 0) is 9.84 Å². The molecule has 0 spiro atoms. The normalized spacial score (nSPS) is 10.6. The number of sulfone groups is 1. The summed E-state index contributed by atoms with van der Waals surface area (Å²) < 4.78 is 37.8. The molecule has 0 amide bonds. The molecule has 0 aliphatic rings. The van der Waals surface area contributed by atoms with Crippen LogP contribution >= 0.6 is 38.6 Å². The van der Waals surface area contributed by atoms with E-state index >= 15 is 0 Å². The Labute approximate surface area is 160 Å². The van der Waals surface area contributed by atoms with Crippen molar-refractivity contribution in [2.24, 2.45) is 0 Å². The summed E-state index contributed by atoms with van der Waals surface area (Å²) in [5.41, 5.74) is 0. The highest BCUT2D eigenvalue weighted by atomic mass is 79.9. The van der Waals surface area contributed by atoms with Crippen molar-refractivity contribution < 1.29 is 22.4 Å². The van der Waals surface area contributed by atoms with Gasteiger partial charge in [-0.1, -0.05) is 0 Å². The molecule has 3 rings (SSSR count). The molecule has 4 nitrogen and oxygen atoms in total. The van der Waals surface area contributed by atoms with Gasteiger partial charge in [0.15, 0.2) is 12.6 Å². The minimum absolute atomic E-state index is 0.0274. The largest absolute Gasteiger partial charge is 0.297 e. The van der Waals surface area contributed by atoms with Crippen molar-refractivity contribution in [2.75, 3.05) is 0 Å². The van der Waals surface area contributed by atoms with Crippen molar-refractivity contribution >= 4 is 61.0 Å². The fourth-order valence-corrected chi connectivity index (χ4v) is 5.47. The zero-order valence-corrected chi connectivity index (χ0v) is 16.4. The lowest BCUT2D eigenvalue weighted by atomic mass is 10.4. The molecule has 2 heterocycles. The summed E-state index contributed by atoms with van der Waals surface area (Å²) in [5, 5.41) is 3.40. The third kappa shape index (κ3) is 4.69. The number of thiophene rings is 2. The third-order valence-electron chi connectivity index (χ3n) is 2.93. The van der Waals surface area contributed by atoms with Crippen LogP contribution < -0.4 is 0 Å². The molecular weight excluding hydrogens is 451 g/mol. The smallest absolute Gasteiger partial charge is 0.208 e. The van der Waals surface area contributed by atoms with E-state index in [9.17, 15) is 22.4 Å². The van der Waals surface area contributed by atoms with E-state index in [2.05, 4.69) is 15.9 Å². The zero-order chi connectivity index (χ0) is 18.4. The first kappa shape index (κ1) is 19.6. The molecule has 25 heavy (non-hydrogen) atoms. The number of hydrogen-bond acceptors (Lipinski definition) is 6. The van der Waals surface area contributed by atoms with Crippen LogP contribution in [0.25, 0.3) is 0 Å². The van der Waals surface area contributed by atoms with Crippen molar-refractivity contribution in [3.8, 4) is 0 Å². The van der Waals surface area contributed by atoms with Crippen molar-refractivity contribution in [1.82, 2.24) is 0 Å². The molecule has 0 aliphatic heterocycles. The molecule has 2 aromatic heterocycles. The lowest BCUT2D eigenvalue weighted by Crippen LogP contribution is -2.02. The molecule has 0 atom stereocenters. The second-order valence-electron chi connectivity index (χ2n) is 4.47. The minimum Gasteiger partial charge on any atom is -0.297 e. The van der Waals surface area contributed by atoms with Gasteiger partial charge >= 0.3 is 0 Å². The van der Waals surface area contributed by atoms with E-state index in [0.717, 1.165) is 39.1 Å². The highest BCUT2D eigenvalue weighted by molar-refractivity contribution is 9.10. The molecule has 0 N–H and O–H groups in total. The lowest BCUT2D eigenvalue weighted by molar-refractivity contribution is 0.111. The first-order chi connectivity index (χ1) is 11.9. The van der Waals surface area contributed by atoms with E-state index in [1.807, 2.05) is 11.4 Å². The molecule has 0 bridgehead atoms. The van der Waals surface area contributed by atoms with Gasteiger partial charge in [0.05, 0.1) is 19.5 Å². The average molecular weight is 461 g/mol. The van der Waals surface area contributed by atoms with Gasteiger partial charge in [-0.2, -0.15) is 0 Å². The van der Waals surface area contributed by atoms with E-state index in [0.29, 0.717) is 6.29 Å². The summed E-state index contributed by atoms with van der Waals surface area (Å²) in [7, 11) is -3.74. The first-order valence-corrected chi connectivity index (χ1v) is 10.6. The van der Waals surface area contributed by atoms with Gasteiger partial charge in [0.25, 0.3) is 0 Å². The Balaban J connectivity index is 0.000000236. The monoisotopic (exact) mass is 460 g/mol. The van der Waals surface area contributed by atoms with Gasteiger partial charge in [0.1, 0.15) is 5.82 Å². The fraction of sp³-hybridized carbons (Fsp3) is 0. The van der Waals surface area contributed by atoms with E-state index in [-0.39, 0.29) is 14.7 Å². The summed E-state index contributed by atoms with van der Waals surface area (Å²) in [6, 6.07) is 7.72. The molecule has 0 unspecified atom stereocenters. The highest BCUT2D eigenvalue weighted by Crippen LogP contribution is 2.26. The maximum Gasteiger partial charge on any atom is 0.208 e. The molecule has 0 fully saturated rings. The quantitative estimate of drug-likeness (QED) is 0.411. The Morgan fingerprint density at radius 2 is 1.44 bits per heavy atom. The van der Waals surface area contributed by atoms with Crippen molar-refractivity contribution in [3.63, 3.8) is 0 Å². The van der Waals surface area contributed by atoms with Gasteiger partial charge in [-0.05, 0) is 63.1 Å². The number of carbonyl (C=O) groups excluding carboxylic acids is 2. The standard InChI is InChI=1S/C11H7FO3S2.C5H3BrOS/c12-8-1-3-9(4-2-8)17(14,15)11-5-6-16-10(11)7-13;6-4-1-2-8-5(4)3-7/h1-7H;1-3H. The second kappa shape index (κ2) is 8.61. The summed E-state index contributed by atoms with van der Waals surface area (Å²) in [6.07, 6.45) is 1.34. The predicted molar refractivity (Wildman–Crippen MR) is 99.0 cm³/mol. The van der Waals surface area contributed by atoms with E-state index < -0.39 is 15.7 Å². The minimum atomic E-state index is -3.74. The van der Waals surface area contributed by atoms with E-state index in [1.165, 1.54) is 34.9 Å². The number of carbonyl (C=O) groups is 2. The van der Waals surface area contributed by atoms with Gasteiger partial charge in [-0.3, -0.25) is 9.59 Å². The number of rotatable bonds is 4. The molecule has 0 radical (unpaired) electrons. The van der Waals surface area contributed by atoms with Crippen LogP contribution in [0.2, 0.25) is 0 Å². The lowest BCUT2D eigenvalue weighted by Gasteiger charge is -2.02. The topological polar surface area (TPSA) is 68.3 Å². The van der Waals surface area contributed by atoms with Crippen LogP contribution in [0, 0.1) is 5.82 Å². The van der Waals surface area contributed by atoms with E-state index in [4.69, 9.17) is 0 Å². The summed E-state index contributed by atoms with van der Waals surface area (Å²) in [6.45, 7) is 0. The van der Waals surface area contributed by atoms with Gasteiger partial charge < -0.3 is 0 Å². The number of benzene rings is 1. The Bertz CT molecular complexity index is 975. The van der Waals surface area contributed by atoms with Crippen molar-refractivity contribution in [1.29, 1.82) is 0 Å². The first-order valence-electron chi connectivity index (χ1n) is 6.61. The van der Waals surface area contributed by atoms with Crippen LogP contribution in [0.3, 0.4) is 0 Å². The second-order valence-corrected chi connectivity index (χ2v) is 9.14. The summed E-state index contributed by atoms with van der Waals surface area (Å²) in [5.74, 6) is -0.509. The molecular formula is C16H10BrFO4S3. The Morgan fingerprint density at radius 1 is 0.880 bits per heavy atom. The Kier molecular flexibility index (Phi) is 6.77. The SMILES string of the molecule is O=Cc1sccc1Br.O=Cc1sccc1S(=O)(=O)c1ccc(F)cc1. The van der Waals surface area contributed by atoms with Gasteiger partial charge in [-0.15, -0.1) is 22.7 Å². The average Bonchev–Trinajstić information content (AvgIpc) is 3.24. The fourth-order valence-electron chi connectivity index (χ4n) is 1.75. The maximum atomic E-state index is 12.7. The number of hydrogen-bond donors (Lipinski definition) is 0. The zero-order valence-electron chi connectivity index (χ0n) is 12.4. The Hall–Kier alpha value is -1.68. The Morgan fingerprint density at radius 3 is 1.92 bits per heavy atom. The van der Waals surface area contributed by atoms with Gasteiger partial charge in [-0.25, -0.2) is 12.8 Å². The molecule has 130 valence electrons. The summed E-state index contributed by atoms with van der Waals surface area (Å²) >= 11 is 5.69. The van der Waals surface area contributed by atoms with Crippen molar-refractivity contribution in [2.45, 2.75) is 9.79 Å². The maximum absolute atomic E-state index is 12.7. The van der Waals surface area contributed by atoms with E-state index in [1.54, 1.807) is 0 Å². The summed E-state index contributed by atoms with van der Waals surface area (Å²) in [4.78, 5) is 21.6. The molecule has 1 aromatic carbocycles. The van der Waals surface area contributed by atoms with Crippen LogP contribution in [0.1, 0.15) is 19.3 Å². The van der Waals surface area contributed by atoms with Gasteiger partial charge in [0.2, 0.25) is 9.84 Å².